The van der Waals surface area contributed by atoms with Gasteiger partial charge in [-0.15, -0.1) is 0 Å². The molecule has 9 heteroatoms. The Morgan fingerprint density at radius 2 is 1.85 bits per heavy atom. The van der Waals surface area contributed by atoms with Gasteiger partial charge in [0.05, 0.1) is 17.3 Å². The van der Waals surface area contributed by atoms with Crippen molar-refractivity contribution in [2.75, 3.05) is 0 Å². The van der Waals surface area contributed by atoms with Crippen molar-refractivity contribution < 1.29 is 17.5 Å². The Bertz CT molecular complexity index is 869. The van der Waals surface area contributed by atoms with Crippen molar-refractivity contribution in [3.8, 4) is 6.01 Å². The molecule has 0 atom stereocenters. The molecule has 2 aromatic rings. The SMILES string of the molecule is Cc1c(Cl)cccc1S(=O)(=O)NC1CCC(Oc2ncc(F)cn2)CC1. The van der Waals surface area contributed by atoms with E-state index in [-0.39, 0.29) is 23.1 Å². The molecular weight excluding hydrogens is 381 g/mol. The Balaban J connectivity index is 1.58. The van der Waals surface area contributed by atoms with Crippen molar-refractivity contribution in [3.63, 3.8) is 0 Å². The maximum atomic E-state index is 12.8. The largest absolute Gasteiger partial charge is 0.460 e. The number of aromatic nitrogens is 2. The molecule has 0 radical (unpaired) electrons. The molecule has 26 heavy (non-hydrogen) atoms. The van der Waals surface area contributed by atoms with Crippen molar-refractivity contribution in [1.29, 1.82) is 0 Å². The second-order valence-corrected chi connectivity index (χ2v) is 8.35. The zero-order valence-corrected chi connectivity index (χ0v) is 15.7. The smallest absolute Gasteiger partial charge is 0.316 e. The number of nitrogens with zero attached hydrogens (tertiary/aromatic N) is 2. The van der Waals surface area contributed by atoms with Crippen LogP contribution in [0.3, 0.4) is 0 Å². The molecule has 0 unspecified atom stereocenters. The van der Waals surface area contributed by atoms with Gasteiger partial charge in [-0.3, -0.25) is 0 Å². The Kier molecular flexibility index (Phi) is 5.74. The number of hydrogen-bond donors (Lipinski definition) is 1. The molecule has 1 N–H and O–H groups in total. The first-order valence-electron chi connectivity index (χ1n) is 8.27. The van der Waals surface area contributed by atoms with Gasteiger partial charge >= 0.3 is 6.01 Å². The number of benzene rings is 1. The Labute approximate surface area is 156 Å². The third kappa shape index (κ3) is 4.49. The first-order chi connectivity index (χ1) is 12.3. The molecule has 140 valence electrons. The van der Waals surface area contributed by atoms with E-state index >= 15 is 0 Å². The van der Waals surface area contributed by atoms with Crippen LogP contribution in [-0.2, 0) is 10.0 Å². The molecule has 0 spiro atoms. The monoisotopic (exact) mass is 399 g/mol. The number of halogens is 2. The fourth-order valence-electron chi connectivity index (χ4n) is 2.97. The van der Waals surface area contributed by atoms with E-state index in [0.29, 0.717) is 36.3 Å². The van der Waals surface area contributed by atoms with Gasteiger partial charge in [-0.05, 0) is 50.3 Å². The third-order valence-corrected chi connectivity index (χ3v) is 6.45. The van der Waals surface area contributed by atoms with Gasteiger partial charge in [0.15, 0.2) is 5.82 Å². The van der Waals surface area contributed by atoms with Gasteiger partial charge in [0.2, 0.25) is 10.0 Å². The fourth-order valence-corrected chi connectivity index (χ4v) is 4.77. The lowest BCUT2D eigenvalue weighted by molar-refractivity contribution is 0.132. The molecule has 1 aromatic heterocycles. The lowest BCUT2D eigenvalue weighted by Crippen LogP contribution is -2.40. The topological polar surface area (TPSA) is 81.2 Å². The highest BCUT2D eigenvalue weighted by atomic mass is 35.5. The molecule has 3 rings (SSSR count). The maximum absolute atomic E-state index is 12.8. The molecule has 0 amide bonds. The highest BCUT2D eigenvalue weighted by Crippen LogP contribution is 2.26. The second kappa shape index (κ2) is 7.85. The summed E-state index contributed by atoms with van der Waals surface area (Å²) in [7, 11) is -3.64. The van der Waals surface area contributed by atoms with E-state index in [4.69, 9.17) is 16.3 Å². The van der Waals surface area contributed by atoms with Gasteiger partial charge in [-0.25, -0.2) is 27.5 Å². The summed E-state index contributed by atoms with van der Waals surface area (Å²) in [6.45, 7) is 1.68. The van der Waals surface area contributed by atoms with E-state index in [2.05, 4.69) is 14.7 Å². The zero-order chi connectivity index (χ0) is 18.7. The molecule has 1 heterocycles. The Morgan fingerprint density at radius 3 is 2.50 bits per heavy atom. The molecule has 6 nitrogen and oxygen atoms in total. The van der Waals surface area contributed by atoms with E-state index in [0.717, 1.165) is 12.4 Å². The van der Waals surface area contributed by atoms with Crippen LogP contribution in [0.25, 0.3) is 0 Å². The van der Waals surface area contributed by atoms with Crippen LogP contribution >= 0.6 is 11.6 Å². The van der Waals surface area contributed by atoms with Crippen LogP contribution in [0.2, 0.25) is 5.02 Å². The molecule has 1 aromatic carbocycles. The normalized spacial score (nSPS) is 20.7. The number of ether oxygens (including phenoxy) is 1. The van der Waals surface area contributed by atoms with Crippen LogP contribution in [0.15, 0.2) is 35.5 Å². The summed E-state index contributed by atoms with van der Waals surface area (Å²) in [5.41, 5.74) is 0.534. The standard InChI is InChI=1S/C17H19ClFN3O3S/c1-11-15(18)3-2-4-16(11)26(23,24)22-13-5-7-14(8-6-13)25-17-20-9-12(19)10-21-17/h2-4,9-10,13-14,22H,5-8H2,1H3. The summed E-state index contributed by atoms with van der Waals surface area (Å²) >= 11 is 6.02. The van der Waals surface area contributed by atoms with E-state index in [1.54, 1.807) is 25.1 Å². The fraction of sp³-hybridized carbons (Fsp3) is 0.412. The van der Waals surface area contributed by atoms with E-state index in [1.165, 1.54) is 0 Å². The van der Waals surface area contributed by atoms with Crippen molar-refractivity contribution >= 4 is 21.6 Å². The highest BCUT2D eigenvalue weighted by molar-refractivity contribution is 7.89. The van der Waals surface area contributed by atoms with Gasteiger partial charge in [-0.1, -0.05) is 17.7 Å². The summed E-state index contributed by atoms with van der Waals surface area (Å²) in [5.74, 6) is -0.522. The van der Waals surface area contributed by atoms with Crippen LogP contribution in [0.4, 0.5) is 4.39 Å². The van der Waals surface area contributed by atoms with Crippen molar-refractivity contribution in [2.24, 2.45) is 0 Å². The predicted octanol–water partition coefficient (Wildman–Crippen LogP) is 3.25. The molecular formula is C17H19ClFN3O3S. The van der Waals surface area contributed by atoms with Crippen LogP contribution in [0.1, 0.15) is 31.2 Å². The quantitative estimate of drug-likeness (QED) is 0.834. The highest BCUT2D eigenvalue weighted by Gasteiger charge is 2.28. The first-order valence-corrected chi connectivity index (χ1v) is 10.1. The number of hydrogen-bond acceptors (Lipinski definition) is 5. The zero-order valence-electron chi connectivity index (χ0n) is 14.2. The third-order valence-electron chi connectivity index (χ3n) is 4.37. The predicted molar refractivity (Wildman–Crippen MR) is 95.2 cm³/mol. The second-order valence-electron chi connectivity index (χ2n) is 6.26. The molecule has 1 aliphatic carbocycles. The van der Waals surface area contributed by atoms with Crippen LogP contribution < -0.4 is 9.46 Å². The van der Waals surface area contributed by atoms with Crippen LogP contribution in [-0.4, -0.2) is 30.5 Å². The molecule has 1 aliphatic rings. The lowest BCUT2D eigenvalue weighted by atomic mass is 9.94. The van der Waals surface area contributed by atoms with Gasteiger partial charge in [-0.2, -0.15) is 0 Å². The minimum Gasteiger partial charge on any atom is -0.460 e. The Hall–Kier alpha value is -1.77. The van der Waals surface area contributed by atoms with Gasteiger partial charge in [0, 0.05) is 11.1 Å². The first kappa shape index (κ1) is 19.0. The van der Waals surface area contributed by atoms with E-state index < -0.39 is 15.8 Å². The van der Waals surface area contributed by atoms with Crippen molar-refractivity contribution in [3.05, 3.63) is 47.0 Å². The summed E-state index contributed by atoms with van der Waals surface area (Å²) in [5, 5.41) is 0.421. The minimum atomic E-state index is -3.64. The summed E-state index contributed by atoms with van der Waals surface area (Å²) < 4.78 is 46.4. The minimum absolute atomic E-state index is 0.117. The van der Waals surface area contributed by atoms with Crippen molar-refractivity contribution in [2.45, 2.75) is 49.6 Å². The maximum Gasteiger partial charge on any atom is 0.316 e. The number of sulfonamides is 1. The molecule has 0 bridgehead atoms. The average molecular weight is 400 g/mol. The van der Waals surface area contributed by atoms with Crippen LogP contribution in [0, 0.1) is 12.7 Å². The molecule has 0 saturated heterocycles. The average Bonchev–Trinajstić information content (AvgIpc) is 2.60. The summed E-state index contributed by atoms with van der Waals surface area (Å²) in [6.07, 6.45) is 4.56. The van der Waals surface area contributed by atoms with E-state index in [1.807, 2.05) is 0 Å². The van der Waals surface area contributed by atoms with Gasteiger partial charge in [0.1, 0.15) is 6.10 Å². The summed E-state index contributed by atoms with van der Waals surface area (Å²) in [6, 6.07) is 4.79. The molecule has 1 fully saturated rings. The van der Waals surface area contributed by atoms with Gasteiger partial charge in [0.25, 0.3) is 0 Å². The van der Waals surface area contributed by atoms with Gasteiger partial charge < -0.3 is 4.74 Å². The van der Waals surface area contributed by atoms with E-state index in [9.17, 15) is 12.8 Å². The lowest BCUT2D eigenvalue weighted by Gasteiger charge is -2.28. The number of rotatable bonds is 5. The molecule has 1 saturated carbocycles. The van der Waals surface area contributed by atoms with Crippen molar-refractivity contribution in [1.82, 2.24) is 14.7 Å². The summed E-state index contributed by atoms with van der Waals surface area (Å²) in [4.78, 5) is 7.75. The molecule has 0 aliphatic heterocycles. The number of nitrogens with one attached hydrogen (secondary N) is 1. The van der Waals surface area contributed by atoms with Crippen LogP contribution in [0.5, 0.6) is 6.01 Å². The Morgan fingerprint density at radius 1 is 1.19 bits per heavy atom.